The van der Waals surface area contributed by atoms with E-state index in [4.69, 9.17) is 5.73 Å². The zero-order valence-corrected chi connectivity index (χ0v) is 14.1. The molecule has 1 aliphatic heterocycles. The first-order valence-electron chi connectivity index (χ1n) is 8.72. The summed E-state index contributed by atoms with van der Waals surface area (Å²) in [5, 5.41) is 0. The van der Waals surface area contributed by atoms with Crippen molar-refractivity contribution in [1.82, 2.24) is 4.90 Å². The van der Waals surface area contributed by atoms with E-state index in [0.717, 1.165) is 37.9 Å². The van der Waals surface area contributed by atoms with E-state index in [1.54, 1.807) is 0 Å². The summed E-state index contributed by atoms with van der Waals surface area (Å²) in [6.07, 6.45) is 6.19. The number of benzene rings is 1. The maximum Gasteiger partial charge on any atom is 0.226 e. The minimum Gasteiger partial charge on any atom is -0.370 e. The van der Waals surface area contributed by atoms with Crippen LogP contribution in [0.3, 0.4) is 0 Å². The van der Waals surface area contributed by atoms with Gasteiger partial charge in [0.2, 0.25) is 11.8 Å². The molecule has 1 aromatic carbocycles. The first kappa shape index (κ1) is 17.5. The number of piperidine rings is 1. The molecule has 0 bridgehead atoms. The second-order valence-electron chi connectivity index (χ2n) is 6.59. The third-order valence-corrected chi connectivity index (χ3v) is 4.65. The lowest BCUT2D eigenvalue weighted by Gasteiger charge is -2.31. The first-order chi connectivity index (χ1) is 11.1. The number of unbranched alkanes of at least 4 members (excludes halogenated alkanes) is 1. The fourth-order valence-corrected chi connectivity index (χ4v) is 3.16. The Morgan fingerprint density at radius 1 is 1.13 bits per heavy atom. The largest absolute Gasteiger partial charge is 0.370 e. The van der Waals surface area contributed by atoms with E-state index in [1.807, 2.05) is 4.90 Å². The molecule has 0 atom stereocenters. The van der Waals surface area contributed by atoms with E-state index in [0.29, 0.717) is 18.8 Å². The van der Waals surface area contributed by atoms with Crippen molar-refractivity contribution in [3.8, 4) is 0 Å². The van der Waals surface area contributed by atoms with Crippen LogP contribution in [0, 0.1) is 5.92 Å². The van der Waals surface area contributed by atoms with Gasteiger partial charge in [-0.15, -0.1) is 0 Å². The maximum absolute atomic E-state index is 12.4. The average Bonchev–Trinajstić information content (AvgIpc) is 2.54. The highest BCUT2D eigenvalue weighted by Gasteiger charge is 2.23. The van der Waals surface area contributed by atoms with Crippen molar-refractivity contribution < 1.29 is 9.59 Å². The molecule has 1 fully saturated rings. The summed E-state index contributed by atoms with van der Waals surface area (Å²) in [4.78, 5) is 25.3. The van der Waals surface area contributed by atoms with Crippen LogP contribution in [0.1, 0.15) is 50.2 Å². The van der Waals surface area contributed by atoms with Gasteiger partial charge < -0.3 is 10.6 Å². The average molecular weight is 316 g/mol. The molecule has 1 aromatic rings. The molecule has 1 heterocycles. The molecule has 0 radical (unpaired) electrons. The Balaban J connectivity index is 1.79. The normalized spacial score (nSPS) is 15.6. The van der Waals surface area contributed by atoms with Gasteiger partial charge in [0.1, 0.15) is 0 Å². The van der Waals surface area contributed by atoms with Crippen LogP contribution in [-0.4, -0.2) is 29.8 Å². The first-order valence-corrected chi connectivity index (χ1v) is 8.72. The van der Waals surface area contributed by atoms with Gasteiger partial charge in [0.25, 0.3) is 0 Å². The second-order valence-corrected chi connectivity index (χ2v) is 6.59. The summed E-state index contributed by atoms with van der Waals surface area (Å²) < 4.78 is 0. The molecular weight excluding hydrogens is 288 g/mol. The summed E-state index contributed by atoms with van der Waals surface area (Å²) in [7, 11) is 0. The van der Waals surface area contributed by atoms with Gasteiger partial charge in [0.15, 0.2) is 0 Å². The Kier molecular flexibility index (Phi) is 6.63. The van der Waals surface area contributed by atoms with Gasteiger partial charge in [0, 0.05) is 19.5 Å². The zero-order valence-electron chi connectivity index (χ0n) is 14.1. The summed E-state index contributed by atoms with van der Waals surface area (Å²) >= 11 is 0. The Labute approximate surface area is 139 Å². The monoisotopic (exact) mass is 316 g/mol. The molecule has 0 saturated carbocycles. The third-order valence-electron chi connectivity index (χ3n) is 4.65. The number of hydrogen-bond donors (Lipinski definition) is 1. The lowest BCUT2D eigenvalue weighted by molar-refractivity contribution is -0.131. The highest BCUT2D eigenvalue weighted by molar-refractivity contribution is 5.79. The van der Waals surface area contributed by atoms with Gasteiger partial charge in [-0.1, -0.05) is 37.6 Å². The quantitative estimate of drug-likeness (QED) is 0.840. The molecule has 0 aliphatic carbocycles. The number of carbonyl (C=O) groups is 2. The molecule has 126 valence electrons. The van der Waals surface area contributed by atoms with Crippen LogP contribution < -0.4 is 5.73 Å². The molecule has 2 N–H and O–H groups in total. The van der Waals surface area contributed by atoms with Crippen molar-refractivity contribution in [3.05, 3.63) is 35.4 Å². The van der Waals surface area contributed by atoms with Gasteiger partial charge in [-0.25, -0.2) is 0 Å². The number of primary amides is 1. The van der Waals surface area contributed by atoms with E-state index in [-0.39, 0.29) is 11.8 Å². The van der Waals surface area contributed by atoms with Crippen LogP contribution in [0.5, 0.6) is 0 Å². The van der Waals surface area contributed by atoms with Gasteiger partial charge in [-0.3, -0.25) is 9.59 Å². The molecule has 0 unspecified atom stereocenters. The third kappa shape index (κ3) is 5.70. The summed E-state index contributed by atoms with van der Waals surface area (Å²) in [6.45, 7) is 3.68. The maximum atomic E-state index is 12.4. The zero-order chi connectivity index (χ0) is 16.7. The molecule has 4 heteroatoms. The van der Waals surface area contributed by atoms with E-state index in [9.17, 15) is 9.59 Å². The lowest BCUT2D eigenvalue weighted by atomic mass is 9.93. The summed E-state index contributed by atoms with van der Waals surface area (Å²) in [6, 6.07) is 8.42. The van der Waals surface area contributed by atoms with Crippen molar-refractivity contribution >= 4 is 11.8 Å². The molecule has 1 saturated heterocycles. The second kappa shape index (κ2) is 8.70. The molecular formula is C19H28N2O2. The van der Waals surface area contributed by atoms with Gasteiger partial charge >= 0.3 is 0 Å². The topological polar surface area (TPSA) is 63.4 Å². The number of rotatable bonds is 7. The Morgan fingerprint density at radius 3 is 2.30 bits per heavy atom. The molecule has 0 spiro atoms. The van der Waals surface area contributed by atoms with E-state index < -0.39 is 0 Å². The van der Waals surface area contributed by atoms with Crippen LogP contribution in [0.15, 0.2) is 24.3 Å². The minimum atomic E-state index is -0.238. The Bertz CT molecular complexity index is 517. The fourth-order valence-electron chi connectivity index (χ4n) is 3.16. The van der Waals surface area contributed by atoms with Crippen LogP contribution >= 0.6 is 0 Å². The number of nitrogens with zero attached hydrogens (tertiary/aromatic N) is 1. The highest BCUT2D eigenvalue weighted by Crippen LogP contribution is 2.21. The molecule has 2 rings (SSSR count). The van der Waals surface area contributed by atoms with E-state index in [1.165, 1.54) is 18.4 Å². The van der Waals surface area contributed by atoms with Crippen molar-refractivity contribution in [2.24, 2.45) is 11.7 Å². The van der Waals surface area contributed by atoms with E-state index >= 15 is 0 Å². The van der Waals surface area contributed by atoms with Gasteiger partial charge in [-0.2, -0.15) is 0 Å². The van der Waals surface area contributed by atoms with Gasteiger partial charge in [0.05, 0.1) is 6.42 Å². The fraction of sp³-hybridized carbons (Fsp3) is 0.579. The Hall–Kier alpha value is -1.84. The molecule has 4 nitrogen and oxygen atoms in total. The number of aryl methyl sites for hydroxylation is 1. The smallest absolute Gasteiger partial charge is 0.226 e. The number of hydrogen-bond acceptors (Lipinski definition) is 2. The predicted molar refractivity (Wildman–Crippen MR) is 91.9 cm³/mol. The number of nitrogens with two attached hydrogens (primary N) is 1. The molecule has 23 heavy (non-hydrogen) atoms. The number of carbonyl (C=O) groups excluding carboxylic acids is 2. The van der Waals surface area contributed by atoms with Crippen molar-refractivity contribution in [1.29, 1.82) is 0 Å². The Morgan fingerprint density at radius 2 is 1.74 bits per heavy atom. The van der Waals surface area contributed by atoms with Crippen molar-refractivity contribution in [3.63, 3.8) is 0 Å². The van der Waals surface area contributed by atoms with Crippen LogP contribution in [0.2, 0.25) is 0 Å². The highest BCUT2D eigenvalue weighted by atomic mass is 16.2. The van der Waals surface area contributed by atoms with Crippen molar-refractivity contribution in [2.75, 3.05) is 13.1 Å². The van der Waals surface area contributed by atoms with Crippen LogP contribution in [0.25, 0.3) is 0 Å². The molecule has 1 aliphatic rings. The van der Waals surface area contributed by atoms with E-state index in [2.05, 4.69) is 31.2 Å². The summed E-state index contributed by atoms with van der Waals surface area (Å²) in [5.41, 5.74) is 7.66. The molecule has 0 aromatic heterocycles. The standard InChI is InChI=1S/C19H28N2O2/c1-2-3-4-15-5-7-16(8-6-15)14-19(23)21-11-9-17(10-12-21)13-18(20)22/h5-8,17H,2-4,9-14H2,1H3,(H2,20,22). The minimum absolute atomic E-state index is 0.184. The lowest BCUT2D eigenvalue weighted by Crippen LogP contribution is -2.40. The summed E-state index contributed by atoms with van der Waals surface area (Å²) in [5.74, 6) is 0.288. The number of likely N-dealkylation sites (tertiary alicyclic amines) is 1. The van der Waals surface area contributed by atoms with Gasteiger partial charge in [-0.05, 0) is 42.7 Å². The number of amides is 2. The predicted octanol–water partition coefficient (Wildman–Crippen LogP) is 2.69. The van der Waals surface area contributed by atoms with Crippen LogP contribution in [-0.2, 0) is 22.4 Å². The molecule has 2 amide bonds. The van der Waals surface area contributed by atoms with Crippen molar-refractivity contribution in [2.45, 2.75) is 51.9 Å². The van der Waals surface area contributed by atoms with Crippen LogP contribution in [0.4, 0.5) is 0 Å². The SMILES string of the molecule is CCCCc1ccc(CC(=O)N2CCC(CC(N)=O)CC2)cc1.